The Labute approximate surface area is 178 Å². The number of sulfonamides is 1. The summed E-state index contributed by atoms with van der Waals surface area (Å²) in [5.41, 5.74) is 0.0490. The molecule has 1 saturated heterocycles. The van der Waals surface area contributed by atoms with Crippen LogP contribution in [0.2, 0.25) is 0 Å². The van der Waals surface area contributed by atoms with E-state index in [-0.39, 0.29) is 19.6 Å². The highest BCUT2D eigenvalue weighted by Crippen LogP contribution is 2.33. The van der Waals surface area contributed by atoms with E-state index in [0.717, 1.165) is 4.31 Å². The van der Waals surface area contributed by atoms with Crippen molar-refractivity contribution in [3.63, 3.8) is 0 Å². The van der Waals surface area contributed by atoms with Gasteiger partial charge in [0.2, 0.25) is 15.9 Å². The quantitative estimate of drug-likeness (QED) is 0.690. The lowest BCUT2D eigenvalue weighted by molar-refractivity contribution is -0.133. The second-order valence-electron chi connectivity index (χ2n) is 8.31. The third kappa shape index (κ3) is 5.85. The molecule has 0 N–H and O–H groups in total. The summed E-state index contributed by atoms with van der Waals surface area (Å²) in [6, 6.07) is 6.62. The van der Waals surface area contributed by atoms with Crippen molar-refractivity contribution in [2.75, 3.05) is 46.6 Å². The van der Waals surface area contributed by atoms with E-state index >= 15 is 0 Å². The first-order chi connectivity index (χ1) is 13.9. The highest BCUT2D eigenvalue weighted by atomic mass is 32.2. The fourth-order valence-corrected chi connectivity index (χ4v) is 3.89. The fourth-order valence-electron chi connectivity index (χ4n) is 3.15. The smallest absolute Gasteiger partial charge is 0.410 e. The van der Waals surface area contributed by atoms with Crippen LogP contribution >= 0.6 is 0 Å². The fraction of sp³-hybridized carbons (Fsp3) is 0.600. The summed E-state index contributed by atoms with van der Waals surface area (Å²) in [7, 11) is 0.587. The van der Waals surface area contributed by atoms with Crippen LogP contribution in [0.4, 0.5) is 4.79 Å². The number of hydrogen-bond acceptors (Lipinski definition) is 6. The van der Waals surface area contributed by atoms with Gasteiger partial charge < -0.3 is 19.3 Å². The van der Waals surface area contributed by atoms with Crippen molar-refractivity contribution in [3.8, 4) is 5.75 Å². The zero-order valence-electron chi connectivity index (χ0n) is 18.4. The Kier molecular flexibility index (Phi) is 7.36. The van der Waals surface area contributed by atoms with Gasteiger partial charge in [-0.05, 0) is 26.8 Å². The van der Waals surface area contributed by atoms with Gasteiger partial charge in [0.05, 0.1) is 13.2 Å². The Morgan fingerprint density at radius 3 is 2.37 bits per heavy atom. The lowest BCUT2D eigenvalue weighted by Crippen LogP contribution is -2.54. The number of piperazine rings is 1. The monoisotopic (exact) mass is 441 g/mol. The van der Waals surface area contributed by atoms with Gasteiger partial charge in [-0.25, -0.2) is 17.5 Å². The third-order valence-corrected chi connectivity index (χ3v) is 6.44. The van der Waals surface area contributed by atoms with Crippen molar-refractivity contribution in [1.82, 2.24) is 14.1 Å². The molecule has 0 aromatic heterocycles. The molecular weight excluding hydrogens is 410 g/mol. The van der Waals surface area contributed by atoms with Crippen LogP contribution in [0, 0.1) is 0 Å². The number of para-hydroxylation sites is 1. The SMILES string of the molecule is COc1ccccc1[C@@H]1CN(C(=O)OC(C)(C)C)CCN1C(=O)CS(=O)(=O)N(C)C. The minimum Gasteiger partial charge on any atom is -0.496 e. The summed E-state index contributed by atoms with van der Waals surface area (Å²) >= 11 is 0. The van der Waals surface area contributed by atoms with E-state index in [0.29, 0.717) is 11.3 Å². The minimum absolute atomic E-state index is 0.170. The van der Waals surface area contributed by atoms with Gasteiger partial charge in [-0.3, -0.25) is 4.79 Å². The van der Waals surface area contributed by atoms with Gasteiger partial charge in [0.15, 0.2) is 0 Å². The number of hydrogen-bond donors (Lipinski definition) is 0. The Bertz CT molecular complexity index is 879. The number of carbonyl (C=O) groups excluding carboxylic acids is 2. The predicted octanol–water partition coefficient (Wildman–Crippen LogP) is 1.71. The predicted molar refractivity (Wildman–Crippen MR) is 113 cm³/mol. The van der Waals surface area contributed by atoms with Crippen LogP contribution in [0.1, 0.15) is 32.4 Å². The molecule has 9 nitrogen and oxygen atoms in total. The number of benzene rings is 1. The van der Waals surface area contributed by atoms with Gasteiger partial charge in [-0.1, -0.05) is 18.2 Å². The van der Waals surface area contributed by atoms with Crippen molar-refractivity contribution < 1.29 is 27.5 Å². The second kappa shape index (κ2) is 9.22. The minimum atomic E-state index is -3.72. The number of rotatable bonds is 5. The summed E-state index contributed by atoms with van der Waals surface area (Å²) < 4.78 is 36.4. The molecule has 168 valence electrons. The molecule has 1 aromatic rings. The maximum Gasteiger partial charge on any atom is 0.410 e. The van der Waals surface area contributed by atoms with Gasteiger partial charge in [-0.15, -0.1) is 0 Å². The van der Waals surface area contributed by atoms with Crippen LogP contribution in [-0.4, -0.2) is 86.7 Å². The zero-order chi connectivity index (χ0) is 22.7. The summed E-state index contributed by atoms with van der Waals surface area (Å²) in [5.74, 6) is -0.608. The van der Waals surface area contributed by atoms with Crippen LogP contribution < -0.4 is 4.74 Å². The molecule has 1 aliphatic rings. The normalized spacial score (nSPS) is 17.8. The van der Waals surface area contributed by atoms with E-state index in [1.54, 1.807) is 32.9 Å². The highest BCUT2D eigenvalue weighted by molar-refractivity contribution is 7.89. The van der Waals surface area contributed by atoms with Gasteiger partial charge in [0.25, 0.3) is 0 Å². The van der Waals surface area contributed by atoms with Crippen LogP contribution in [0.15, 0.2) is 24.3 Å². The van der Waals surface area contributed by atoms with Crippen molar-refractivity contribution in [2.24, 2.45) is 0 Å². The number of carbonyl (C=O) groups is 2. The molecule has 2 rings (SSSR count). The third-order valence-electron chi connectivity index (χ3n) is 4.71. The molecule has 1 heterocycles. The number of ether oxygens (including phenoxy) is 2. The summed E-state index contributed by atoms with van der Waals surface area (Å²) in [6.45, 7) is 5.96. The average molecular weight is 442 g/mol. The van der Waals surface area contributed by atoms with E-state index < -0.39 is 39.4 Å². The van der Waals surface area contributed by atoms with Gasteiger partial charge in [-0.2, -0.15) is 0 Å². The Hall–Kier alpha value is -2.33. The Morgan fingerprint density at radius 1 is 1.17 bits per heavy atom. The molecule has 2 amide bonds. The topological polar surface area (TPSA) is 96.5 Å². The molecule has 0 radical (unpaired) electrons. The molecule has 0 bridgehead atoms. The van der Waals surface area contributed by atoms with Crippen molar-refractivity contribution >= 4 is 22.0 Å². The molecular formula is C20H31N3O6S. The van der Waals surface area contributed by atoms with Gasteiger partial charge in [0.1, 0.15) is 17.1 Å². The molecule has 1 fully saturated rings. The van der Waals surface area contributed by atoms with Crippen LogP contribution in [0.3, 0.4) is 0 Å². The van der Waals surface area contributed by atoms with E-state index in [1.165, 1.54) is 31.0 Å². The van der Waals surface area contributed by atoms with Gasteiger partial charge >= 0.3 is 6.09 Å². The zero-order valence-corrected chi connectivity index (χ0v) is 19.2. The largest absolute Gasteiger partial charge is 0.496 e. The molecule has 10 heteroatoms. The first-order valence-corrected chi connectivity index (χ1v) is 11.3. The maximum absolute atomic E-state index is 13.0. The number of methoxy groups -OCH3 is 1. The number of amides is 2. The lowest BCUT2D eigenvalue weighted by Gasteiger charge is -2.42. The van der Waals surface area contributed by atoms with Crippen molar-refractivity contribution in [3.05, 3.63) is 29.8 Å². The molecule has 30 heavy (non-hydrogen) atoms. The molecule has 1 aliphatic heterocycles. The Morgan fingerprint density at radius 2 is 1.80 bits per heavy atom. The second-order valence-corrected chi connectivity index (χ2v) is 10.5. The van der Waals surface area contributed by atoms with E-state index in [2.05, 4.69) is 0 Å². The van der Waals surface area contributed by atoms with E-state index in [4.69, 9.17) is 9.47 Å². The molecule has 0 unspecified atom stereocenters. The summed E-state index contributed by atoms with van der Waals surface area (Å²) in [4.78, 5) is 28.6. The van der Waals surface area contributed by atoms with E-state index in [1.807, 2.05) is 12.1 Å². The van der Waals surface area contributed by atoms with Crippen molar-refractivity contribution in [1.29, 1.82) is 0 Å². The summed E-state index contributed by atoms with van der Waals surface area (Å²) in [5, 5.41) is 0. The van der Waals surface area contributed by atoms with Crippen molar-refractivity contribution in [2.45, 2.75) is 32.4 Å². The molecule has 0 saturated carbocycles. The maximum atomic E-state index is 13.0. The van der Waals surface area contributed by atoms with Crippen LogP contribution in [-0.2, 0) is 19.6 Å². The van der Waals surface area contributed by atoms with Crippen LogP contribution in [0.25, 0.3) is 0 Å². The molecule has 1 atom stereocenters. The number of nitrogens with zero attached hydrogens (tertiary/aromatic N) is 3. The lowest BCUT2D eigenvalue weighted by atomic mass is 10.0. The molecule has 1 aromatic carbocycles. The van der Waals surface area contributed by atoms with Crippen LogP contribution in [0.5, 0.6) is 5.75 Å². The standard InChI is InChI=1S/C20H31N3O6S/c1-20(2,3)29-19(25)22-11-12-23(18(24)14-30(26,27)21(4)5)16(13-22)15-9-7-8-10-17(15)28-6/h7-10,16H,11-14H2,1-6H3/t16-/m0/s1. The first-order valence-electron chi connectivity index (χ1n) is 9.66. The Balaban J connectivity index is 2.35. The van der Waals surface area contributed by atoms with Gasteiger partial charge in [0, 0.05) is 39.3 Å². The highest BCUT2D eigenvalue weighted by Gasteiger charge is 2.37. The summed E-state index contributed by atoms with van der Waals surface area (Å²) in [6.07, 6.45) is -0.476. The first kappa shape index (κ1) is 23.9. The molecule has 0 spiro atoms. The average Bonchev–Trinajstić information content (AvgIpc) is 2.65. The molecule has 0 aliphatic carbocycles. The van der Waals surface area contributed by atoms with E-state index in [9.17, 15) is 18.0 Å².